The van der Waals surface area contributed by atoms with Gasteiger partial charge in [-0.15, -0.1) is 0 Å². The molecule has 0 unspecified atom stereocenters. The molecule has 0 radical (unpaired) electrons. The van der Waals surface area contributed by atoms with Gasteiger partial charge in [0.2, 0.25) is 5.91 Å². The van der Waals surface area contributed by atoms with Gasteiger partial charge in [0.05, 0.1) is 5.75 Å². The molecule has 0 aliphatic rings. The molecular weight excluding hydrogens is 364 g/mol. The average molecular weight is 388 g/mol. The number of hydrogen-bond donors (Lipinski definition) is 2. The van der Waals surface area contributed by atoms with Crippen molar-refractivity contribution in [1.29, 1.82) is 0 Å². The van der Waals surface area contributed by atoms with Gasteiger partial charge in [0.1, 0.15) is 15.9 Å². The summed E-state index contributed by atoms with van der Waals surface area (Å²) in [6.07, 6.45) is 1.10. The number of carbonyl (C=O) groups is 2. The molecule has 0 heterocycles. The molecule has 0 fully saturated rings. The van der Waals surface area contributed by atoms with E-state index in [0.29, 0.717) is 11.3 Å². The third kappa shape index (κ3) is 6.53. The van der Waals surface area contributed by atoms with E-state index in [1.165, 1.54) is 0 Å². The zero-order chi connectivity index (χ0) is 20.0. The molecule has 144 valence electrons. The molecular formula is C20H24N2O4S. The van der Waals surface area contributed by atoms with E-state index in [0.717, 1.165) is 17.4 Å². The fraction of sp³-hybridized carbons (Fsp3) is 0.300. The molecule has 0 aromatic heterocycles. The van der Waals surface area contributed by atoms with Crippen LogP contribution in [-0.2, 0) is 14.6 Å². The van der Waals surface area contributed by atoms with Crippen molar-refractivity contribution < 1.29 is 18.0 Å². The number of aryl methyl sites for hydroxylation is 2. The average Bonchev–Trinajstić information content (AvgIpc) is 2.61. The van der Waals surface area contributed by atoms with Gasteiger partial charge in [-0.25, -0.2) is 8.42 Å². The SMILES string of the molecule is Cc1ccc(NC(=O)[C@@H](CCS(C)(=O)=O)NC(=O)c2ccccc2)cc1C. The van der Waals surface area contributed by atoms with Crippen molar-refractivity contribution in [1.82, 2.24) is 5.32 Å². The minimum atomic E-state index is -3.27. The van der Waals surface area contributed by atoms with Crippen molar-refractivity contribution in [3.05, 3.63) is 65.2 Å². The Morgan fingerprint density at radius 1 is 1.00 bits per heavy atom. The van der Waals surface area contributed by atoms with Crippen molar-refractivity contribution in [2.75, 3.05) is 17.3 Å². The Bertz CT molecular complexity index is 924. The van der Waals surface area contributed by atoms with Crippen molar-refractivity contribution in [2.24, 2.45) is 0 Å². The Morgan fingerprint density at radius 2 is 1.67 bits per heavy atom. The Kier molecular flexibility index (Phi) is 6.74. The van der Waals surface area contributed by atoms with Crippen LogP contribution in [0.4, 0.5) is 5.69 Å². The van der Waals surface area contributed by atoms with Gasteiger partial charge < -0.3 is 10.6 Å². The minimum Gasteiger partial charge on any atom is -0.340 e. The third-order valence-electron chi connectivity index (χ3n) is 4.21. The van der Waals surface area contributed by atoms with Gasteiger partial charge in [-0.1, -0.05) is 24.3 Å². The Hall–Kier alpha value is -2.67. The highest BCUT2D eigenvalue weighted by Crippen LogP contribution is 2.15. The fourth-order valence-electron chi connectivity index (χ4n) is 2.48. The second-order valence-electron chi connectivity index (χ2n) is 6.60. The largest absolute Gasteiger partial charge is 0.340 e. The summed E-state index contributed by atoms with van der Waals surface area (Å²) in [5.41, 5.74) is 3.12. The minimum absolute atomic E-state index is 0.00587. The molecule has 2 N–H and O–H groups in total. The second-order valence-corrected chi connectivity index (χ2v) is 8.86. The number of rotatable bonds is 7. The summed E-state index contributed by atoms with van der Waals surface area (Å²) in [4.78, 5) is 25.1. The van der Waals surface area contributed by atoms with Crippen LogP contribution in [0.1, 0.15) is 27.9 Å². The highest BCUT2D eigenvalue weighted by molar-refractivity contribution is 7.90. The van der Waals surface area contributed by atoms with Crippen LogP contribution in [0.25, 0.3) is 0 Å². The van der Waals surface area contributed by atoms with Crippen LogP contribution in [0, 0.1) is 13.8 Å². The predicted octanol–water partition coefficient (Wildman–Crippen LogP) is 2.48. The second kappa shape index (κ2) is 8.81. The lowest BCUT2D eigenvalue weighted by atomic mass is 10.1. The number of amides is 2. The lowest BCUT2D eigenvalue weighted by Gasteiger charge is -2.18. The summed E-state index contributed by atoms with van der Waals surface area (Å²) in [5, 5.41) is 5.39. The van der Waals surface area contributed by atoms with Gasteiger partial charge in [-0.05, 0) is 55.7 Å². The molecule has 0 bridgehead atoms. The van der Waals surface area contributed by atoms with E-state index in [1.54, 1.807) is 36.4 Å². The maximum Gasteiger partial charge on any atom is 0.251 e. The van der Waals surface area contributed by atoms with Crippen molar-refractivity contribution in [3.8, 4) is 0 Å². The summed E-state index contributed by atoms with van der Waals surface area (Å²) >= 11 is 0. The molecule has 0 aliphatic carbocycles. The van der Waals surface area contributed by atoms with E-state index >= 15 is 0 Å². The number of benzene rings is 2. The van der Waals surface area contributed by atoms with Crippen LogP contribution >= 0.6 is 0 Å². The maximum absolute atomic E-state index is 12.7. The number of sulfone groups is 1. The van der Waals surface area contributed by atoms with Crippen molar-refractivity contribution in [3.63, 3.8) is 0 Å². The number of hydrogen-bond acceptors (Lipinski definition) is 4. The van der Waals surface area contributed by atoms with E-state index < -0.39 is 27.7 Å². The van der Waals surface area contributed by atoms with Crippen LogP contribution in [0.3, 0.4) is 0 Å². The van der Waals surface area contributed by atoms with Gasteiger partial charge >= 0.3 is 0 Å². The van der Waals surface area contributed by atoms with Crippen molar-refractivity contribution in [2.45, 2.75) is 26.3 Å². The molecule has 2 amide bonds. The molecule has 0 saturated heterocycles. The van der Waals surface area contributed by atoms with E-state index in [4.69, 9.17) is 0 Å². The molecule has 2 aromatic carbocycles. The van der Waals surface area contributed by atoms with Gasteiger partial charge in [-0.3, -0.25) is 9.59 Å². The first-order valence-corrected chi connectivity index (χ1v) is 10.6. The first-order chi connectivity index (χ1) is 12.7. The molecule has 0 aliphatic heterocycles. The highest BCUT2D eigenvalue weighted by Gasteiger charge is 2.23. The highest BCUT2D eigenvalue weighted by atomic mass is 32.2. The van der Waals surface area contributed by atoms with Crippen LogP contribution in [0.2, 0.25) is 0 Å². The van der Waals surface area contributed by atoms with Crippen LogP contribution in [-0.4, -0.2) is 38.3 Å². The smallest absolute Gasteiger partial charge is 0.251 e. The van der Waals surface area contributed by atoms with Crippen molar-refractivity contribution >= 4 is 27.3 Å². The maximum atomic E-state index is 12.7. The van der Waals surface area contributed by atoms with Gasteiger partial charge in [-0.2, -0.15) is 0 Å². The third-order valence-corrected chi connectivity index (χ3v) is 5.19. The Balaban J connectivity index is 2.15. The molecule has 2 aromatic rings. The summed E-state index contributed by atoms with van der Waals surface area (Å²) in [6.45, 7) is 3.90. The molecule has 7 heteroatoms. The Labute approximate surface area is 159 Å². The van der Waals surface area contributed by atoms with Crippen LogP contribution in [0.15, 0.2) is 48.5 Å². The standard InChI is InChI=1S/C20H24N2O4S/c1-14-9-10-17(13-15(14)2)21-20(24)18(11-12-27(3,25)26)22-19(23)16-7-5-4-6-8-16/h4-10,13,18H,11-12H2,1-3H3,(H,21,24)(H,22,23)/t18-/m1/s1. The molecule has 2 rings (SSSR count). The topological polar surface area (TPSA) is 92.3 Å². The monoisotopic (exact) mass is 388 g/mol. The van der Waals surface area contributed by atoms with Crippen LogP contribution in [0.5, 0.6) is 0 Å². The first-order valence-electron chi connectivity index (χ1n) is 8.57. The first kappa shape index (κ1) is 20.6. The summed E-state index contributed by atoms with van der Waals surface area (Å²) in [5.74, 6) is -1.08. The number of nitrogens with one attached hydrogen (secondary N) is 2. The summed E-state index contributed by atoms with van der Waals surface area (Å²) < 4.78 is 23.0. The van der Waals surface area contributed by atoms with E-state index in [-0.39, 0.29) is 12.2 Å². The molecule has 27 heavy (non-hydrogen) atoms. The Morgan fingerprint density at radius 3 is 2.26 bits per heavy atom. The molecule has 6 nitrogen and oxygen atoms in total. The van der Waals surface area contributed by atoms with Crippen LogP contribution < -0.4 is 10.6 Å². The lowest BCUT2D eigenvalue weighted by Crippen LogP contribution is -2.44. The predicted molar refractivity (Wildman–Crippen MR) is 107 cm³/mol. The number of carbonyl (C=O) groups excluding carboxylic acids is 2. The lowest BCUT2D eigenvalue weighted by molar-refractivity contribution is -0.118. The van der Waals surface area contributed by atoms with Gasteiger partial charge in [0.25, 0.3) is 5.91 Å². The molecule has 0 saturated carbocycles. The van der Waals surface area contributed by atoms with E-state index in [9.17, 15) is 18.0 Å². The van der Waals surface area contributed by atoms with Gasteiger partial charge in [0.15, 0.2) is 0 Å². The van der Waals surface area contributed by atoms with E-state index in [2.05, 4.69) is 10.6 Å². The number of anilines is 1. The molecule has 1 atom stereocenters. The zero-order valence-corrected chi connectivity index (χ0v) is 16.5. The normalized spacial score (nSPS) is 12.3. The zero-order valence-electron chi connectivity index (χ0n) is 15.7. The molecule has 0 spiro atoms. The summed E-state index contributed by atoms with van der Waals surface area (Å²) in [6, 6.07) is 13.0. The fourth-order valence-corrected chi connectivity index (χ4v) is 3.14. The quantitative estimate of drug-likeness (QED) is 0.762. The van der Waals surface area contributed by atoms with Gasteiger partial charge in [0, 0.05) is 17.5 Å². The van der Waals surface area contributed by atoms with E-state index in [1.807, 2.05) is 26.0 Å². The summed E-state index contributed by atoms with van der Waals surface area (Å²) in [7, 11) is -3.27.